The Morgan fingerprint density at radius 2 is 1.92 bits per heavy atom. The summed E-state index contributed by atoms with van der Waals surface area (Å²) in [6, 6.07) is 12.3. The zero-order valence-corrected chi connectivity index (χ0v) is 21.6. The van der Waals surface area contributed by atoms with Gasteiger partial charge in [-0.15, -0.1) is 0 Å². The molecule has 0 bridgehead atoms. The van der Waals surface area contributed by atoms with Crippen molar-refractivity contribution < 1.29 is 17.9 Å². The van der Waals surface area contributed by atoms with Crippen LogP contribution in [0.1, 0.15) is 37.9 Å². The highest BCUT2D eigenvalue weighted by Crippen LogP contribution is 2.38. The van der Waals surface area contributed by atoms with Gasteiger partial charge in [-0.25, -0.2) is 18.2 Å². The molecule has 188 valence electrons. The molecule has 1 aliphatic carbocycles. The summed E-state index contributed by atoms with van der Waals surface area (Å²) in [4.78, 5) is 20.5. The van der Waals surface area contributed by atoms with Crippen molar-refractivity contribution in [3.63, 3.8) is 0 Å². The van der Waals surface area contributed by atoms with E-state index in [1.165, 1.54) is 6.20 Å². The minimum absolute atomic E-state index is 0.0317. The summed E-state index contributed by atoms with van der Waals surface area (Å²) in [7, 11) is -3.46. The molecule has 0 saturated carbocycles. The highest BCUT2D eigenvalue weighted by molar-refractivity contribution is 7.91. The Bertz CT molecular complexity index is 1460. The van der Waals surface area contributed by atoms with Crippen LogP contribution in [-0.4, -0.2) is 36.3 Å². The summed E-state index contributed by atoms with van der Waals surface area (Å²) in [5, 5.41) is 9.40. The number of hydrogen-bond acceptors (Lipinski definition) is 8. The molecule has 1 saturated heterocycles. The molecule has 36 heavy (non-hydrogen) atoms. The van der Waals surface area contributed by atoms with Crippen LogP contribution in [0.15, 0.2) is 53.6 Å². The van der Waals surface area contributed by atoms with Crippen LogP contribution in [0.3, 0.4) is 0 Å². The lowest BCUT2D eigenvalue weighted by molar-refractivity contribution is 0.136. The first-order valence-corrected chi connectivity index (χ1v) is 13.5. The predicted molar refractivity (Wildman–Crippen MR) is 138 cm³/mol. The fraction of sp³-hybridized carbons (Fsp3) is 0.320. The molecule has 3 N–H and O–H groups in total. The van der Waals surface area contributed by atoms with E-state index in [-0.39, 0.29) is 33.2 Å². The molecule has 1 amide bonds. The highest BCUT2D eigenvalue weighted by atomic mass is 35.5. The van der Waals surface area contributed by atoms with Gasteiger partial charge in [0.05, 0.1) is 22.9 Å². The maximum absolute atomic E-state index is 12.8. The first kappa shape index (κ1) is 24.3. The van der Waals surface area contributed by atoms with Gasteiger partial charge in [0.25, 0.3) is 0 Å². The smallest absolute Gasteiger partial charge is 0.408 e. The van der Waals surface area contributed by atoms with Crippen LogP contribution in [0, 0.1) is 5.41 Å². The highest BCUT2D eigenvalue weighted by Gasteiger charge is 2.41. The van der Waals surface area contributed by atoms with Gasteiger partial charge in [-0.3, -0.25) is 0 Å². The number of rotatable bonds is 6. The molecular formula is C25H26ClN5O4S. The van der Waals surface area contributed by atoms with Crippen LogP contribution >= 0.6 is 11.6 Å². The van der Waals surface area contributed by atoms with Gasteiger partial charge in [0, 0.05) is 17.8 Å². The number of ether oxygens (including phenoxy) is 1. The average molecular weight is 528 g/mol. The molecule has 2 aliphatic rings. The third-order valence-electron chi connectivity index (χ3n) is 5.88. The lowest BCUT2D eigenvalue weighted by Gasteiger charge is -2.18. The molecule has 3 aromatic rings. The largest absolute Gasteiger partial charge is 0.443 e. The topological polar surface area (TPSA) is 122 Å². The van der Waals surface area contributed by atoms with Crippen LogP contribution < -0.4 is 16.0 Å². The Hall–Kier alpha value is -3.37. The van der Waals surface area contributed by atoms with Gasteiger partial charge in [-0.05, 0) is 46.9 Å². The van der Waals surface area contributed by atoms with E-state index >= 15 is 0 Å². The molecular weight excluding hydrogens is 502 g/mol. The molecule has 1 fully saturated rings. The number of hydrogen-bond donors (Lipinski definition) is 3. The van der Waals surface area contributed by atoms with Crippen LogP contribution in [-0.2, 0) is 21.0 Å². The second-order valence-electron chi connectivity index (χ2n) is 10.2. The molecule has 0 spiro atoms. The van der Waals surface area contributed by atoms with Crippen molar-refractivity contribution >= 4 is 50.7 Å². The number of aromatic nitrogens is 2. The fourth-order valence-electron chi connectivity index (χ4n) is 4.46. The van der Waals surface area contributed by atoms with Crippen molar-refractivity contribution in [3.05, 3.63) is 64.8 Å². The lowest BCUT2D eigenvalue weighted by Crippen LogP contribution is -2.20. The van der Waals surface area contributed by atoms with Crippen LogP contribution in [0.25, 0.3) is 0 Å². The minimum Gasteiger partial charge on any atom is -0.443 e. The number of amides is 1. The van der Waals surface area contributed by atoms with E-state index in [0.717, 1.165) is 16.8 Å². The van der Waals surface area contributed by atoms with Gasteiger partial charge < -0.3 is 20.7 Å². The van der Waals surface area contributed by atoms with Gasteiger partial charge in [0.1, 0.15) is 11.1 Å². The SMILES string of the molecule is CC(C)(C)CS(=O)(=O)c1cccc(Nc2nc(Nc3ccc4c(c3)[C@@H]3NC(=O)OC3C4)ncc2Cl)c1. The fourth-order valence-corrected chi connectivity index (χ4v) is 6.50. The second-order valence-corrected chi connectivity index (χ2v) is 12.6. The van der Waals surface area contributed by atoms with Gasteiger partial charge in [0.15, 0.2) is 15.7 Å². The molecule has 11 heteroatoms. The van der Waals surface area contributed by atoms with Gasteiger partial charge >= 0.3 is 6.09 Å². The van der Waals surface area contributed by atoms with Crippen LogP contribution in [0.2, 0.25) is 5.02 Å². The second kappa shape index (κ2) is 8.94. The Balaban J connectivity index is 1.35. The number of nitrogens with one attached hydrogen (secondary N) is 3. The number of alkyl carbamates (subject to hydrolysis) is 1. The number of fused-ring (bicyclic) bond motifs is 3. The van der Waals surface area contributed by atoms with Crippen molar-refractivity contribution in [2.45, 2.75) is 44.2 Å². The number of carbonyl (C=O) groups is 1. The van der Waals surface area contributed by atoms with E-state index in [0.29, 0.717) is 23.9 Å². The van der Waals surface area contributed by atoms with Crippen LogP contribution in [0.4, 0.5) is 27.9 Å². The number of nitrogens with zero attached hydrogens (tertiary/aromatic N) is 2. The summed E-state index contributed by atoms with van der Waals surface area (Å²) in [6.45, 7) is 5.66. The Labute approximate surface area is 214 Å². The van der Waals surface area contributed by atoms with E-state index in [1.54, 1.807) is 24.3 Å². The molecule has 9 nitrogen and oxygen atoms in total. The molecule has 2 aromatic carbocycles. The zero-order chi connectivity index (χ0) is 25.7. The van der Waals surface area contributed by atoms with E-state index in [9.17, 15) is 13.2 Å². The molecule has 5 rings (SSSR count). The summed E-state index contributed by atoms with van der Waals surface area (Å²) in [5.74, 6) is 0.668. The van der Waals surface area contributed by atoms with E-state index in [4.69, 9.17) is 16.3 Å². The van der Waals surface area contributed by atoms with Crippen LogP contribution in [0.5, 0.6) is 0 Å². The summed E-state index contributed by atoms with van der Waals surface area (Å²) in [6.07, 6.45) is 1.55. The van der Waals surface area contributed by atoms with Crippen molar-refractivity contribution in [2.24, 2.45) is 5.41 Å². The van der Waals surface area contributed by atoms with Crippen molar-refractivity contribution in [3.8, 4) is 0 Å². The number of anilines is 4. The Kier molecular flexibility index (Phi) is 6.04. The van der Waals surface area contributed by atoms with E-state index in [2.05, 4.69) is 25.9 Å². The summed E-state index contributed by atoms with van der Waals surface area (Å²) in [5.41, 5.74) is 3.04. The molecule has 1 aromatic heterocycles. The molecule has 2 heterocycles. The average Bonchev–Trinajstić information content (AvgIpc) is 3.30. The molecule has 0 radical (unpaired) electrons. The number of halogens is 1. The number of sulfone groups is 1. The van der Waals surface area contributed by atoms with Gasteiger partial charge in [0.2, 0.25) is 5.95 Å². The van der Waals surface area contributed by atoms with Gasteiger partial charge in [-0.2, -0.15) is 4.98 Å². The first-order valence-electron chi connectivity index (χ1n) is 11.5. The normalized spacial score (nSPS) is 18.7. The number of benzene rings is 2. The summed E-state index contributed by atoms with van der Waals surface area (Å²) >= 11 is 6.33. The zero-order valence-electron chi connectivity index (χ0n) is 20.0. The Morgan fingerprint density at radius 1 is 1.14 bits per heavy atom. The standard InChI is InChI=1S/C25H26ClN5O4S/c1-25(2,3)13-36(33,34)17-6-4-5-15(10-17)28-22-19(26)12-27-23(31-22)29-16-8-7-14-9-20-21(18(14)11-16)30-24(32)35-20/h4-8,10-12,20-21H,9,13H2,1-3H3,(H,30,32)(H2,27,28,29,31)/t20?,21-/m0/s1. The Morgan fingerprint density at radius 3 is 2.69 bits per heavy atom. The van der Waals surface area contributed by atoms with Crippen molar-refractivity contribution in [2.75, 3.05) is 16.4 Å². The monoisotopic (exact) mass is 527 g/mol. The number of carbonyl (C=O) groups excluding carboxylic acids is 1. The predicted octanol–water partition coefficient (Wildman–Crippen LogP) is 5.14. The van der Waals surface area contributed by atoms with E-state index in [1.807, 2.05) is 39.0 Å². The van der Waals surface area contributed by atoms with Crippen molar-refractivity contribution in [1.82, 2.24) is 15.3 Å². The third-order valence-corrected chi connectivity index (χ3v) is 8.38. The maximum Gasteiger partial charge on any atom is 0.408 e. The van der Waals surface area contributed by atoms with Gasteiger partial charge in [-0.1, -0.05) is 44.5 Å². The van der Waals surface area contributed by atoms with Crippen molar-refractivity contribution in [1.29, 1.82) is 0 Å². The lowest BCUT2D eigenvalue weighted by atomic mass is 10.0. The quantitative estimate of drug-likeness (QED) is 0.402. The molecule has 1 aliphatic heterocycles. The molecule has 1 unspecified atom stereocenters. The maximum atomic E-state index is 12.8. The summed E-state index contributed by atoms with van der Waals surface area (Å²) < 4.78 is 31.0. The first-order chi connectivity index (χ1) is 17.0. The third kappa shape index (κ3) is 5.10. The minimum atomic E-state index is -3.46. The van der Waals surface area contributed by atoms with E-state index < -0.39 is 15.9 Å². The molecule has 2 atom stereocenters.